The van der Waals surface area contributed by atoms with E-state index in [2.05, 4.69) is 20.9 Å². The van der Waals surface area contributed by atoms with E-state index in [0.29, 0.717) is 10.8 Å². The van der Waals surface area contributed by atoms with Crippen LogP contribution in [0.1, 0.15) is 5.69 Å². The fourth-order valence-electron chi connectivity index (χ4n) is 1.56. The van der Waals surface area contributed by atoms with Gasteiger partial charge in [-0.2, -0.15) is 0 Å². The van der Waals surface area contributed by atoms with Crippen molar-refractivity contribution in [2.45, 2.75) is 6.61 Å². The number of aliphatic hydroxyl groups is 1. The van der Waals surface area contributed by atoms with Crippen molar-refractivity contribution in [3.05, 3.63) is 27.6 Å². The molecule has 16 heavy (non-hydrogen) atoms. The van der Waals surface area contributed by atoms with Crippen LogP contribution in [0, 0.1) is 0 Å². The number of hydrogen-bond acceptors (Lipinski definition) is 3. The van der Waals surface area contributed by atoms with Gasteiger partial charge in [-0.15, -0.1) is 0 Å². The molecule has 0 unspecified atom stereocenters. The monoisotopic (exact) mass is 303 g/mol. The molecule has 0 fully saturated rings. The Hall–Kier alpha value is -0.780. The van der Waals surface area contributed by atoms with Crippen LogP contribution >= 0.6 is 27.5 Å². The molecular formula is C10H11BrClN3O. The second kappa shape index (κ2) is 4.24. The standard InChI is InChI=1S/C10H11BrClN3O/c1-14(2)7-3-4-8(11)15-9(12)6(5-16)13-10(7)15/h3-4,16H,5H2,1-2H3. The zero-order valence-corrected chi connectivity index (χ0v) is 11.2. The molecule has 2 aromatic rings. The number of anilines is 1. The smallest absolute Gasteiger partial charge is 0.162 e. The van der Waals surface area contributed by atoms with Gasteiger partial charge in [0.1, 0.15) is 10.8 Å². The highest BCUT2D eigenvalue weighted by Gasteiger charge is 2.15. The first-order valence-corrected chi connectivity index (χ1v) is 5.87. The van der Waals surface area contributed by atoms with Gasteiger partial charge in [-0.05, 0) is 28.1 Å². The maximum atomic E-state index is 9.15. The molecule has 0 aromatic carbocycles. The number of aliphatic hydroxyl groups excluding tert-OH is 1. The summed E-state index contributed by atoms with van der Waals surface area (Å²) < 4.78 is 2.58. The third-order valence-electron chi connectivity index (χ3n) is 2.34. The summed E-state index contributed by atoms with van der Waals surface area (Å²) in [6.07, 6.45) is 0. The van der Waals surface area contributed by atoms with Crippen LogP contribution in [0.2, 0.25) is 5.15 Å². The molecule has 0 saturated carbocycles. The molecule has 86 valence electrons. The molecule has 1 N–H and O–H groups in total. The molecule has 0 spiro atoms. The maximum absolute atomic E-state index is 9.15. The molecule has 0 bridgehead atoms. The Morgan fingerprint density at radius 2 is 2.19 bits per heavy atom. The van der Waals surface area contributed by atoms with E-state index in [1.807, 2.05) is 31.1 Å². The maximum Gasteiger partial charge on any atom is 0.162 e. The van der Waals surface area contributed by atoms with Crippen molar-refractivity contribution in [3.63, 3.8) is 0 Å². The highest BCUT2D eigenvalue weighted by molar-refractivity contribution is 9.10. The van der Waals surface area contributed by atoms with Crippen LogP contribution < -0.4 is 4.90 Å². The number of halogens is 2. The van der Waals surface area contributed by atoms with Crippen LogP contribution in [0.3, 0.4) is 0 Å². The molecule has 2 aromatic heterocycles. The largest absolute Gasteiger partial charge is 0.390 e. The summed E-state index contributed by atoms with van der Waals surface area (Å²) in [5.74, 6) is 0. The van der Waals surface area contributed by atoms with E-state index in [1.165, 1.54) is 0 Å². The van der Waals surface area contributed by atoms with E-state index in [1.54, 1.807) is 4.40 Å². The third kappa shape index (κ3) is 1.69. The first-order valence-electron chi connectivity index (χ1n) is 4.69. The van der Waals surface area contributed by atoms with Gasteiger partial charge in [0, 0.05) is 14.1 Å². The number of pyridine rings is 1. The lowest BCUT2D eigenvalue weighted by Gasteiger charge is -2.13. The summed E-state index contributed by atoms with van der Waals surface area (Å²) in [6.45, 7) is -0.167. The first-order chi connectivity index (χ1) is 7.56. The summed E-state index contributed by atoms with van der Waals surface area (Å²) in [7, 11) is 3.87. The number of aromatic nitrogens is 2. The topological polar surface area (TPSA) is 40.8 Å². The van der Waals surface area contributed by atoms with Gasteiger partial charge in [0.15, 0.2) is 5.65 Å². The fraction of sp³-hybridized carbons (Fsp3) is 0.300. The first kappa shape index (κ1) is 11.7. The number of rotatable bonds is 2. The summed E-state index contributed by atoms with van der Waals surface area (Å²) in [4.78, 5) is 6.27. The van der Waals surface area contributed by atoms with Gasteiger partial charge in [-0.3, -0.25) is 4.40 Å². The van der Waals surface area contributed by atoms with Crippen molar-refractivity contribution in [2.75, 3.05) is 19.0 Å². The van der Waals surface area contributed by atoms with Crippen LogP contribution in [0.15, 0.2) is 16.7 Å². The predicted octanol–water partition coefficient (Wildman–Crippen LogP) is 2.31. The van der Waals surface area contributed by atoms with Gasteiger partial charge in [0.25, 0.3) is 0 Å². The zero-order valence-electron chi connectivity index (χ0n) is 8.91. The molecule has 4 nitrogen and oxygen atoms in total. The third-order valence-corrected chi connectivity index (χ3v) is 3.35. The van der Waals surface area contributed by atoms with Gasteiger partial charge < -0.3 is 10.0 Å². The summed E-state index contributed by atoms with van der Waals surface area (Å²) in [6, 6.07) is 3.85. The molecule has 0 aliphatic heterocycles. The van der Waals surface area contributed by atoms with E-state index < -0.39 is 0 Å². The number of nitrogens with zero attached hydrogens (tertiary/aromatic N) is 3. The molecule has 0 saturated heterocycles. The summed E-state index contributed by atoms with van der Waals surface area (Å²) in [5, 5.41) is 9.59. The normalized spacial score (nSPS) is 11.1. The fourth-order valence-corrected chi connectivity index (χ4v) is 2.41. The summed E-state index contributed by atoms with van der Waals surface area (Å²) >= 11 is 9.54. The lowest BCUT2D eigenvalue weighted by Crippen LogP contribution is -2.10. The van der Waals surface area contributed by atoms with E-state index >= 15 is 0 Å². The zero-order chi connectivity index (χ0) is 11.9. The molecule has 0 amide bonds. The van der Waals surface area contributed by atoms with Gasteiger partial charge in [0.05, 0.1) is 16.9 Å². The Bertz CT molecular complexity index is 538. The molecule has 0 aliphatic rings. The molecule has 0 radical (unpaired) electrons. The minimum absolute atomic E-state index is 0.167. The Balaban J connectivity index is 2.84. The second-order valence-electron chi connectivity index (χ2n) is 3.60. The molecule has 2 heterocycles. The van der Waals surface area contributed by atoms with Crippen LogP contribution in [-0.4, -0.2) is 28.6 Å². The number of hydrogen-bond donors (Lipinski definition) is 1. The van der Waals surface area contributed by atoms with Crippen LogP contribution in [0.5, 0.6) is 0 Å². The highest BCUT2D eigenvalue weighted by Crippen LogP contribution is 2.29. The molecule has 0 atom stereocenters. The summed E-state index contributed by atoms with van der Waals surface area (Å²) in [5.41, 5.74) is 2.16. The van der Waals surface area contributed by atoms with Crippen LogP contribution in [0.25, 0.3) is 5.65 Å². The van der Waals surface area contributed by atoms with Gasteiger partial charge in [0.2, 0.25) is 0 Å². The predicted molar refractivity (Wildman–Crippen MR) is 68.2 cm³/mol. The van der Waals surface area contributed by atoms with E-state index in [0.717, 1.165) is 15.9 Å². The van der Waals surface area contributed by atoms with Gasteiger partial charge in [-0.1, -0.05) is 11.6 Å². The van der Waals surface area contributed by atoms with E-state index in [9.17, 15) is 0 Å². The van der Waals surface area contributed by atoms with E-state index in [-0.39, 0.29) is 6.61 Å². The Morgan fingerprint density at radius 1 is 1.50 bits per heavy atom. The Morgan fingerprint density at radius 3 is 2.75 bits per heavy atom. The van der Waals surface area contributed by atoms with Gasteiger partial charge >= 0.3 is 0 Å². The SMILES string of the molecule is CN(C)c1ccc(Br)n2c(Cl)c(CO)nc12. The number of imidazole rings is 1. The average Bonchev–Trinajstić information content (AvgIpc) is 2.56. The average molecular weight is 305 g/mol. The van der Waals surface area contributed by atoms with Crippen molar-refractivity contribution in [3.8, 4) is 0 Å². The lowest BCUT2D eigenvalue weighted by atomic mass is 10.4. The molecular weight excluding hydrogens is 293 g/mol. The van der Waals surface area contributed by atoms with Crippen molar-refractivity contribution >= 4 is 38.9 Å². The van der Waals surface area contributed by atoms with Crippen molar-refractivity contribution in [1.82, 2.24) is 9.38 Å². The molecule has 6 heteroatoms. The Kier molecular flexibility index (Phi) is 3.10. The van der Waals surface area contributed by atoms with Crippen LogP contribution in [0.4, 0.5) is 5.69 Å². The van der Waals surface area contributed by atoms with Gasteiger partial charge in [-0.25, -0.2) is 4.98 Å². The molecule has 2 rings (SSSR count). The number of fused-ring (bicyclic) bond motifs is 1. The van der Waals surface area contributed by atoms with Crippen LogP contribution in [-0.2, 0) is 6.61 Å². The molecule has 0 aliphatic carbocycles. The van der Waals surface area contributed by atoms with E-state index in [4.69, 9.17) is 16.7 Å². The van der Waals surface area contributed by atoms with Crippen molar-refractivity contribution in [2.24, 2.45) is 0 Å². The lowest BCUT2D eigenvalue weighted by molar-refractivity contribution is 0.277. The Labute approximate surface area is 107 Å². The van der Waals surface area contributed by atoms with Crippen molar-refractivity contribution in [1.29, 1.82) is 0 Å². The minimum Gasteiger partial charge on any atom is -0.390 e. The second-order valence-corrected chi connectivity index (χ2v) is 4.77. The van der Waals surface area contributed by atoms with Crippen molar-refractivity contribution < 1.29 is 5.11 Å². The quantitative estimate of drug-likeness (QED) is 0.866. The highest BCUT2D eigenvalue weighted by atomic mass is 79.9. The minimum atomic E-state index is -0.167.